The summed E-state index contributed by atoms with van der Waals surface area (Å²) in [6, 6.07) is 4.38. The van der Waals surface area contributed by atoms with Crippen molar-refractivity contribution in [1.82, 2.24) is 0 Å². The highest BCUT2D eigenvalue weighted by Gasteiger charge is 2.22. The highest BCUT2D eigenvalue weighted by atomic mass is 16.5. The fraction of sp³-hybridized carbons (Fsp3) is 0.625. The van der Waals surface area contributed by atoms with E-state index in [4.69, 9.17) is 10.5 Å². The van der Waals surface area contributed by atoms with Crippen molar-refractivity contribution in [2.24, 2.45) is 5.73 Å². The molecule has 0 aliphatic rings. The fourth-order valence-corrected chi connectivity index (χ4v) is 2.16. The van der Waals surface area contributed by atoms with Gasteiger partial charge in [0, 0.05) is 5.54 Å². The Kier molecular flexibility index (Phi) is 4.12. The van der Waals surface area contributed by atoms with Gasteiger partial charge in [0.2, 0.25) is 0 Å². The Hall–Kier alpha value is -1.02. The van der Waals surface area contributed by atoms with E-state index in [1.165, 1.54) is 16.7 Å². The molecule has 0 heterocycles. The Morgan fingerprint density at radius 2 is 1.67 bits per heavy atom. The Bertz CT molecular complexity index is 422. The highest BCUT2D eigenvalue weighted by molar-refractivity contribution is 5.46. The molecular formula is C16H27NO. The first-order valence-electron chi connectivity index (χ1n) is 6.51. The van der Waals surface area contributed by atoms with Crippen molar-refractivity contribution in [2.75, 3.05) is 7.11 Å². The van der Waals surface area contributed by atoms with Crippen LogP contribution in [0.3, 0.4) is 0 Å². The van der Waals surface area contributed by atoms with Gasteiger partial charge in [-0.2, -0.15) is 0 Å². The lowest BCUT2D eigenvalue weighted by Crippen LogP contribution is -2.34. The third-order valence-corrected chi connectivity index (χ3v) is 3.11. The molecule has 0 bridgehead atoms. The quantitative estimate of drug-likeness (QED) is 0.888. The van der Waals surface area contributed by atoms with Crippen LogP contribution in [0.4, 0.5) is 0 Å². The summed E-state index contributed by atoms with van der Waals surface area (Å²) in [5.41, 5.74) is 9.83. The molecule has 1 aromatic rings. The number of nitrogens with two attached hydrogens (primary N) is 1. The molecule has 0 saturated carbocycles. The largest absolute Gasteiger partial charge is 0.496 e. The minimum atomic E-state index is -0.186. The van der Waals surface area contributed by atoms with Crippen LogP contribution in [0.2, 0.25) is 0 Å². The smallest absolute Gasteiger partial charge is 0.122 e. The van der Waals surface area contributed by atoms with E-state index in [0.29, 0.717) is 0 Å². The van der Waals surface area contributed by atoms with Crippen molar-refractivity contribution >= 4 is 0 Å². The number of rotatable bonds is 3. The second kappa shape index (κ2) is 4.93. The molecule has 102 valence electrons. The van der Waals surface area contributed by atoms with Crippen LogP contribution in [-0.4, -0.2) is 12.6 Å². The topological polar surface area (TPSA) is 35.2 Å². The van der Waals surface area contributed by atoms with Gasteiger partial charge in [-0.3, -0.25) is 0 Å². The minimum absolute atomic E-state index is 0.0759. The third-order valence-electron chi connectivity index (χ3n) is 3.11. The summed E-state index contributed by atoms with van der Waals surface area (Å²) in [6.45, 7) is 12.9. The monoisotopic (exact) mass is 249 g/mol. The molecule has 1 rings (SSSR count). The van der Waals surface area contributed by atoms with Gasteiger partial charge < -0.3 is 10.5 Å². The van der Waals surface area contributed by atoms with Gasteiger partial charge in [-0.15, -0.1) is 0 Å². The molecule has 0 aromatic heterocycles. The first-order chi connectivity index (χ1) is 8.04. The van der Waals surface area contributed by atoms with Crippen LogP contribution >= 0.6 is 0 Å². The normalized spacial score (nSPS) is 12.7. The maximum atomic E-state index is 6.13. The van der Waals surface area contributed by atoms with Gasteiger partial charge >= 0.3 is 0 Å². The number of aryl methyl sites for hydroxylation is 1. The molecule has 2 N–H and O–H groups in total. The molecule has 18 heavy (non-hydrogen) atoms. The van der Waals surface area contributed by atoms with E-state index in [9.17, 15) is 0 Å². The van der Waals surface area contributed by atoms with Crippen LogP contribution in [0.25, 0.3) is 0 Å². The zero-order chi connectivity index (χ0) is 14.1. The maximum absolute atomic E-state index is 6.13. The number of ether oxygens (including phenoxy) is 1. The van der Waals surface area contributed by atoms with Gasteiger partial charge in [0.1, 0.15) is 5.75 Å². The Labute approximate surface area is 112 Å². The van der Waals surface area contributed by atoms with E-state index in [1.54, 1.807) is 7.11 Å². The predicted octanol–water partition coefficient (Wildman–Crippen LogP) is 3.58. The molecule has 2 heteroatoms. The average Bonchev–Trinajstić information content (AvgIpc) is 2.16. The second-order valence-corrected chi connectivity index (χ2v) is 6.89. The van der Waals surface area contributed by atoms with Gasteiger partial charge in [0.05, 0.1) is 7.11 Å². The molecule has 0 fully saturated rings. The maximum Gasteiger partial charge on any atom is 0.122 e. The van der Waals surface area contributed by atoms with Crippen molar-refractivity contribution in [3.8, 4) is 5.75 Å². The lowest BCUT2D eigenvalue weighted by molar-refractivity contribution is 0.396. The van der Waals surface area contributed by atoms with Crippen LogP contribution < -0.4 is 10.5 Å². The predicted molar refractivity (Wildman–Crippen MR) is 78.4 cm³/mol. The molecule has 1 aromatic carbocycles. The van der Waals surface area contributed by atoms with E-state index in [-0.39, 0.29) is 11.0 Å². The van der Waals surface area contributed by atoms with E-state index in [0.717, 1.165) is 12.2 Å². The summed E-state index contributed by atoms with van der Waals surface area (Å²) in [4.78, 5) is 0. The average molecular weight is 249 g/mol. The molecule has 0 aliphatic heterocycles. The summed E-state index contributed by atoms with van der Waals surface area (Å²) < 4.78 is 5.51. The van der Waals surface area contributed by atoms with Crippen molar-refractivity contribution in [3.63, 3.8) is 0 Å². The zero-order valence-corrected chi connectivity index (χ0v) is 12.8. The van der Waals surface area contributed by atoms with Crippen molar-refractivity contribution in [1.29, 1.82) is 0 Å². The van der Waals surface area contributed by atoms with Crippen LogP contribution in [0, 0.1) is 6.92 Å². The lowest BCUT2D eigenvalue weighted by atomic mass is 9.82. The van der Waals surface area contributed by atoms with Crippen molar-refractivity contribution in [3.05, 3.63) is 28.8 Å². The van der Waals surface area contributed by atoms with Crippen molar-refractivity contribution < 1.29 is 4.74 Å². The standard InChI is InChI=1S/C16H27NO/c1-11-8-14(18-7)13(15(2,3)4)9-12(11)10-16(5,6)17/h8-9H,10,17H2,1-7H3. The number of benzene rings is 1. The van der Waals surface area contributed by atoms with E-state index in [2.05, 4.69) is 53.7 Å². The minimum Gasteiger partial charge on any atom is -0.496 e. The van der Waals surface area contributed by atoms with Crippen LogP contribution in [0.15, 0.2) is 12.1 Å². The summed E-state index contributed by atoms with van der Waals surface area (Å²) in [5, 5.41) is 0. The van der Waals surface area contributed by atoms with E-state index >= 15 is 0 Å². The molecule has 0 unspecified atom stereocenters. The van der Waals surface area contributed by atoms with E-state index < -0.39 is 0 Å². The number of hydrogen-bond acceptors (Lipinski definition) is 2. The van der Waals surface area contributed by atoms with Crippen molar-refractivity contribution in [2.45, 2.75) is 58.9 Å². The van der Waals surface area contributed by atoms with Gasteiger partial charge in [-0.1, -0.05) is 26.8 Å². The van der Waals surface area contributed by atoms with Crippen LogP contribution in [-0.2, 0) is 11.8 Å². The summed E-state index contributed by atoms with van der Waals surface area (Å²) in [6.07, 6.45) is 0.881. The van der Waals surface area contributed by atoms with Crippen LogP contribution in [0.1, 0.15) is 51.3 Å². The first-order valence-corrected chi connectivity index (χ1v) is 6.51. The SMILES string of the molecule is COc1cc(C)c(CC(C)(C)N)cc1C(C)(C)C. The third kappa shape index (κ3) is 3.74. The molecule has 0 saturated heterocycles. The summed E-state index contributed by atoms with van der Waals surface area (Å²) >= 11 is 0. The molecule has 0 atom stereocenters. The molecule has 0 amide bonds. The summed E-state index contributed by atoms with van der Waals surface area (Å²) in [7, 11) is 1.73. The lowest BCUT2D eigenvalue weighted by Gasteiger charge is -2.26. The first kappa shape index (κ1) is 15.0. The Morgan fingerprint density at radius 1 is 1.11 bits per heavy atom. The molecule has 0 spiro atoms. The van der Waals surface area contributed by atoms with Crippen LogP contribution in [0.5, 0.6) is 5.75 Å². The second-order valence-electron chi connectivity index (χ2n) is 6.89. The Morgan fingerprint density at radius 3 is 2.06 bits per heavy atom. The molecule has 0 aliphatic carbocycles. The van der Waals surface area contributed by atoms with Gasteiger partial charge in [-0.05, 0) is 55.4 Å². The number of methoxy groups -OCH3 is 1. The molecule has 0 radical (unpaired) electrons. The zero-order valence-electron chi connectivity index (χ0n) is 12.8. The Balaban J connectivity index is 3.31. The van der Waals surface area contributed by atoms with Gasteiger partial charge in [0.15, 0.2) is 0 Å². The highest BCUT2D eigenvalue weighted by Crippen LogP contribution is 2.34. The molecule has 2 nitrogen and oxygen atoms in total. The summed E-state index contributed by atoms with van der Waals surface area (Å²) in [5.74, 6) is 0.971. The van der Waals surface area contributed by atoms with Gasteiger partial charge in [-0.25, -0.2) is 0 Å². The fourth-order valence-electron chi connectivity index (χ4n) is 2.16. The number of hydrogen-bond donors (Lipinski definition) is 1. The van der Waals surface area contributed by atoms with Gasteiger partial charge in [0.25, 0.3) is 0 Å². The van der Waals surface area contributed by atoms with E-state index in [1.807, 2.05) is 0 Å². The molecular weight excluding hydrogens is 222 g/mol.